The van der Waals surface area contributed by atoms with Gasteiger partial charge in [-0.15, -0.1) is 0 Å². The lowest BCUT2D eigenvalue weighted by Gasteiger charge is -2.31. The molecule has 0 radical (unpaired) electrons. The lowest BCUT2D eigenvalue weighted by molar-refractivity contribution is -0.161. The molecule has 1 N–H and O–H groups in total. The zero-order chi connectivity index (χ0) is 16.5. The van der Waals surface area contributed by atoms with Crippen molar-refractivity contribution in [2.45, 2.75) is 84.5 Å². The van der Waals surface area contributed by atoms with Crippen molar-refractivity contribution >= 4 is 5.97 Å². The molecular weight excluding hydrogens is 278 g/mol. The summed E-state index contributed by atoms with van der Waals surface area (Å²) in [5.74, 6) is 1.04. The largest absolute Gasteiger partial charge is 0.459 e. The summed E-state index contributed by atoms with van der Waals surface area (Å²) in [5.41, 5.74) is 0. The topological polar surface area (TPSA) is 47.6 Å². The smallest absolute Gasteiger partial charge is 0.323 e. The second-order valence-corrected chi connectivity index (χ2v) is 6.98. The Bertz CT molecular complexity index is 319. The maximum atomic E-state index is 12.2. The molecule has 4 atom stereocenters. The van der Waals surface area contributed by atoms with Gasteiger partial charge in [0.1, 0.15) is 12.1 Å². The lowest BCUT2D eigenvalue weighted by atomic mass is 9.86. The number of esters is 1. The van der Waals surface area contributed by atoms with Gasteiger partial charge in [-0.1, -0.05) is 33.6 Å². The van der Waals surface area contributed by atoms with Crippen molar-refractivity contribution in [1.29, 1.82) is 0 Å². The molecule has 0 saturated carbocycles. The molecule has 0 amide bonds. The molecule has 1 fully saturated rings. The molecule has 0 bridgehead atoms. The fraction of sp³-hybridized carbons (Fsp3) is 0.944. The molecule has 1 aliphatic rings. The van der Waals surface area contributed by atoms with E-state index in [1.54, 1.807) is 0 Å². The summed E-state index contributed by atoms with van der Waals surface area (Å²) in [6, 6.07) is -0.182. The fourth-order valence-electron chi connectivity index (χ4n) is 3.23. The minimum atomic E-state index is -0.182. The van der Waals surface area contributed by atoms with Gasteiger partial charge in [-0.05, 0) is 51.5 Å². The van der Waals surface area contributed by atoms with Gasteiger partial charge in [-0.3, -0.25) is 4.79 Å². The monoisotopic (exact) mass is 313 g/mol. The van der Waals surface area contributed by atoms with Crippen molar-refractivity contribution in [2.24, 2.45) is 11.8 Å². The minimum Gasteiger partial charge on any atom is -0.459 e. The molecule has 4 heteroatoms. The van der Waals surface area contributed by atoms with Crippen LogP contribution in [0.5, 0.6) is 0 Å². The predicted octanol–water partition coefficient (Wildman–Crippen LogP) is 3.54. The molecule has 0 aromatic heterocycles. The predicted molar refractivity (Wildman–Crippen MR) is 89.8 cm³/mol. The van der Waals surface area contributed by atoms with Crippen LogP contribution in [0.3, 0.4) is 0 Å². The van der Waals surface area contributed by atoms with Crippen molar-refractivity contribution in [3.8, 4) is 0 Å². The van der Waals surface area contributed by atoms with Crippen LogP contribution in [0.25, 0.3) is 0 Å². The molecule has 0 unspecified atom stereocenters. The number of carbonyl (C=O) groups excluding carboxylic acids is 1. The number of ether oxygens (including phenoxy) is 2. The molecular formula is C18H35NO3. The summed E-state index contributed by atoms with van der Waals surface area (Å²) in [6.07, 6.45) is 6.20. The van der Waals surface area contributed by atoms with E-state index >= 15 is 0 Å². The molecule has 22 heavy (non-hydrogen) atoms. The summed E-state index contributed by atoms with van der Waals surface area (Å²) in [5, 5.41) is 3.08. The van der Waals surface area contributed by atoms with Gasteiger partial charge in [-0.2, -0.15) is 0 Å². The maximum Gasteiger partial charge on any atom is 0.323 e. The highest BCUT2D eigenvalue weighted by Gasteiger charge is 2.33. The van der Waals surface area contributed by atoms with Gasteiger partial charge >= 0.3 is 5.97 Å². The lowest BCUT2D eigenvalue weighted by Crippen LogP contribution is -2.41. The van der Waals surface area contributed by atoms with E-state index in [-0.39, 0.29) is 24.2 Å². The SMILES string of the molecule is CCCO[C@@H]1[C@@H](CCC(C)C)CCC[C@H](NC)C(=O)O[C@H]1C. The van der Waals surface area contributed by atoms with Crippen LogP contribution in [0.2, 0.25) is 0 Å². The minimum absolute atomic E-state index is 0.0262. The summed E-state index contributed by atoms with van der Waals surface area (Å²) >= 11 is 0. The molecule has 0 aromatic rings. The van der Waals surface area contributed by atoms with E-state index in [1.165, 1.54) is 6.42 Å². The second-order valence-electron chi connectivity index (χ2n) is 6.98. The first-order valence-electron chi connectivity index (χ1n) is 8.98. The Hall–Kier alpha value is -0.610. The highest BCUT2D eigenvalue weighted by atomic mass is 16.6. The normalized spacial score (nSPS) is 30.5. The van der Waals surface area contributed by atoms with Crippen LogP contribution in [-0.4, -0.2) is 37.9 Å². The Balaban J connectivity index is 2.81. The number of nitrogens with one attached hydrogen (secondary N) is 1. The fourth-order valence-corrected chi connectivity index (χ4v) is 3.23. The van der Waals surface area contributed by atoms with E-state index in [4.69, 9.17) is 9.47 Å². The number of cyclic esters (lactones) is 1. The summed E-state index contributed by atoms with van der Waals surface area (Å²) in [6.45, 7) is 9.36. The molecule has 1 saturated heterocycles. The Morgan fingerprint density at radius 2 is 2.09 bits per heavy atom. The number of hydrogen-bond acceptors (Lipinski definition) is 4. The quantitative estimate of drug-likeness (QED) is 0.730. The zero-order valence-electron chi connectivity index (χ0n) is 15.1. The van der Waals surface area contributed by atoms with E-state index < -0.39 is 0 Å². The molecule has 1 aliphatic heterocycles. The van der Waals surface area contributed by atoms with Gasteiger partial charge in [0.25, 0.3) is 0 Å². The summed E-state index contributed by atoms with van der Waals surface area (Å²) in [7, 11) is 1.83. The number of likely N-dealkylation sites (N-methyl/N-ethyl adjacent to an activating group) is 1. The Kier molecular flexibility index (Phi) is 9.03. The maximum absolute atomic E-state index is 12.2. The second kappa shape index (κ2) is 10.2. The standard InChI is InChI=1S/C18H35NO3/c1-6-12-21-17-14(4)22-18(20)16(19-5)9-7-8-15(17)11-10-13(2)3/h13-17,19H,6-12H2,1-5H3/t14-,15+,16-,17-/m0/s1. The van der Waals surface area contributed by atoms with E-state index in [9.17, 15) is 4.79 Å². The van der Waals surface area contributed by atoms with Crippen molar-refractivity contribution in [2.75, 3.05) is 13.7 Å². The van der Waals surface area contributed by atoms with Crippen LogP contribution in [0.4, 0.5) is 0 Å². The number of carbonyl (C=O) groups is 1. The van der Waals surface area contributed by atoms with Gasteiger partial charge < -0.3 is 14.8 Å². The average molecular weight is 313 g/mol. The summed E-state index contributed by atoms with van der Waals surface area (Å²) < 4.78 is 11.8. The van der Waals surface area contributed by atoms with Crippen LogP contribution in [0.15, 0.2) is 0 Å². The molecule has 0 aliphatic carbocycles. The zero-order valence-corrected chi connectivity index (χ0v) is 15.1. The Labute approximate surface area is 136 Å². The van der Waals surface area contributed by atoms with Crippen LogP contribution in [-0.2, 0) is 14.3 Å². The summed E-state index contributed by atoms with van der Waals surface area (Å²) in [4.78, 5) is 12.2. The van der Waals surface area contributed by atoms with Crippen molar-refractivity contribution in [3.63, 3.8) is 0 Å². The van der Waals surface area contributed by atoms with Gasteiger partial charge in [-0.25, -0.2) is 0 Å². The van der Waals surface area contributed by atoms with Gasteiger partial charge in [0, 0.05) is 6.61 Å². The van der Waals surface area contributed by atoms with Crippen LogP contribution in [0.1, 0.15) is 66.2 Å². The Morgan fingerprint density at radius 1 is 1.36 bits per heavy atom. The third-order valence-electron chi connectivity index (χ3n) is 4.56. The van der Waals surface area contributed by atoms with Crippen molar-refractivity contribution in [1.82, 2.24) is 5.32 Å². The van der Waals surface area contributed by atoms with Crippen molar-refractivity contribution < 1.29 is 14.3 Å². The molecule has 1 rings (SSSR count). The van der Waals surface area contributed by atoms with Crippen LogP contribution >= 0.6 is 0 Å². The van der Waals surface area contributed by atoms with E-state index in [0.29, 0.717) is 11.8 Å². The highest BCUT2D eigenvalue weighted by Crippen LogP contribution is 2.29. The highest BCUT2D eigenvalue weighted by molar-refractivity contribution is 5.75. The molecule has 4 nitrogen and oxygen atoms in total. The number of hydrogen-bond donors (Lipinski definition) is 1. The first-order chi connectivity index (χ1) is 10.5. The van der Waals surface area contributed by atoms with E-state index in [1.807, 2.05) is 14.0 Å². The van der Waals surface area contributed by atoms with Gasteiger partial charge in [0.2, 0.25) is 0 Å². The van der Waals surface area contributed by atoms with Gasteiger partial charge in [0.05, 0.1) is 6.10 Å². The van der Waals surface area contributed by atoms with E-state index in [0.717, 1.165) is 38.7 Å². The first kappa shape index (κ1) is 19.4. The third kappa shape index (κ3) is 6.25. The Morgan fingerprint density at radius 3 is 2.68 bits per heavy atom. The molecule has 0 aromatic carbocycles. The molecule has 1 heterocycles. The third-order valence-corrected chi connectivity index (χ3v) is 4.56. The number of rotatable bonds is 7. The van der Waals surface area contributed by atoms with Crippen LogP contribution in [0, 0.1) is 11.8 Å². The van der Waals surface area contributed by atoms with Crippen LogP contribution < -0.4 is 5.32 Å². The average Bonchev–Trinajstić information content (AvgIpc) is 2.52. The van der Waals surface area contributed by atoms with Gasteiger partial charge in [0.15, 0.2) is 0 Å². The molecule has 130 valence electrons. The van der Waals surface area contributed by atoms with E-state index in [2.05, 4.69) is 26.1 Å². The van der Waals surface area contributed by atoms with Crippen molar-refractivity contribution in [3.05, 3.63) is 0 Å². The first-order valence-corrected chi connectivity index (χ1v) is 8.98. The molecule has 0 spiro atoms.